The van der Waals surface area contributed by atoms with E-state index >= 15 is 0 Å². The SMILES string of the molecule is CN(C)C(=O)c1ccc(N(CCO)C2CCCC2)nc1. The molecule has 5 heteroatoms. The van der Waals surface area contributed by atoms with Crippen LogP contribution in [0, 0.1) is 0 Å². The van der Waals surface area contributed by atoms with Crippen LogP contribution >= 0.6 is 0 Å². The van der Waals surface area contributed by atoms with Gasteiger partial charge in [-0.25, -0.2) is 4.98 Å². The number of rotatable bonds is 5. The Morgan fingerprint density at radius 3 is 2.55 bits per heavy atom. The van der Waals surface area contributed by atoms with Gasteiger partial charge in [-0.1, -0.05) is 12.8 Å². The highest BCUT2D eigenvalue weighted by atomic mass is 16.3. The highest BCUT2D eigenvalue weighted by Gasteiger charge is 2.23. The Balaban J connectivity index is 2.15. The molecule has 0 unspecified atom stereocenters. The van der Waals surface area contributed by atoms with Crippen molar-refractivity contribution in [1.29, 1.82) is 0 Å². The molecule has 1 aromatic rings. The van der Waals surface area contributed by atoms with Gasteiger partial charge in [-0.2, -0.15) is 0 Å². The monoisotopic (exact) mass is 277 g/mol. The average molecular weight is 277 g/mol. The number of hydrogen-bond acceptors (Lipinski definition) is 4. The maximum Gasteiger partial charge on any atom is 0.254 e. The lowest BCUT2D eigenvalue weighted by Gasteiger charge is -2.29. The smallest absolute Gasteiger partial charge is 0.254 e. The Hall–Kier alpha value is -1.62. The van der Waals surface area contributed by atoms with Gasteiger partial charge in [0.05, 0.1) is 12.2 Å². The molecular weight excluding hydrogens is 254 g/mol. The third-order valence-corrected chi connectivity index (χ3v) is 3.80. The molecule has 20 heavy (non-hydrogen) atoms. The summed E-state index contributed by atoms with van der Waals surface area (Å²) in [5.41, 5.74) is 0.592. The largest absolute Gasteiger partial charge is 0.395 e. The maximum absolute atomic E-state index is 11.8. The molecule has 0 saturated heterocycles. The molecule has 2 rings (SSSR count). The molecule has 0 spiro atoms. The molecule has 5 nitrogen and oxygen atoms in total. The molecule has 1 aromatic heterocycles. The Labute approximate surface area is 120 Å². The molecule has 0 radical (unpaired) electrons. The van der Waals surface area contributed by atoms with Gasteiger partial charge in [0.15, 0.2) is 0 Å². The predicted molar refractivity (Wildman–Crippen MR) is 78.9 cm³/mol. The third kappa shape index (κ3) is 3.28. The van der Waals surface area contributed by atoms with Gasteiger partial charge >= 0.3 is 0 Å². The summed E-state index contributed by atoms with van der Waals surface area (Å²) in [5.74, 6) is 0.805. The number of aliphatic hydroxyl groups excluding tert-OH is 1. The number of nitrogens with zero attached hydrogens (tertiary/aromatic N) is 3. The summed E-state index contributed by atoms with van der Waals surface area (Å²) in [6.07, 6.45) is 6.41. The quantitative estimate of drug-likeness (QED) is 0.886. The molecular formula is C15H23N3O2. The molecule has 0 atom stereocenters. The first-order valence-corrected chi connectivity index (χ1v) is 7.18. The number of anilines is 1. The van der Waals surface area contributed by atoms with Gasteiger partial charge in [0.1, 0.15) is 5.82 Å². The predicted octanol–water partition coefficient (Wildman–Crippen LogP) is 1.52. The lowest BCUT2D eigenvalue weighted by Crippen LogP contribution is -2.36. The van der Waals surface area contributed by atoms with E-state index in [0.717, 1.165) is 18.7 Å². The van der Waals surface area contributed by atoms with E-state index in [4.69, 9.17) is 0 Å². The Kier molecular flexibility index (Phi) is 4.95. The standard InChI is InChI=1S/C15H23N3O2/c1-17(2)15(20)12-7-8-14(16-11-12)18(9-10-19)13-5-3-4-6-13/h7-8,11,13,19H,3-6,9-10H2,1-2H3. The number of carbonyl (C=O) groups is 1. The van der Waals surface area contributed by atoms with Crippen LogP contribution in [0.1, 0.15) is 36.0 Å². The van der Waals surface area contributed by atoms with Crippen molar-refractivity contribution in [2.24, 2.45) is 0 Å². The fourth-order valence-corrected chi connectivity index (χ4v) is 2.75. The van der Waals surface area contributed by atoms with E-state index in [2.05, 4.69) is 9.88 Å². The van der Waals surface area contributed by atoms with Crippen molar-refractivity contribution in [1.82, 2.24) is 9.88 Å². The van der Waals surface area contributed by atoms with Crippen LogP contribution in [-0.4, -0.2) is 54.2 Å². The van der Waals surface area contributed by atoms with E-state index in [-0.39, 0.29) is 12.5 Å². The van der Waals surface area contributed by atoms with Crippen LogP contribution in [0.25, 0.3) is 0 Å². The Morgan fingerprint density at radius 1 is 1.35 bits per heavy atom. The first-order valence-electron chi connectivity index (χ1n) is 7.18. The molecule has 1 aliphatic rings. The molecule has 1 fully saturated rings. The van der Waals surface area contributed by atoms with Gasteiger partial charge in [-0.05, 0) is 25.0 Å². The van der Waals surface area contributed by atoms with Crippen molar-refractivity contribution in [3.63, 3.8) is 0 Å². The van der Waals surface area contributed by atoms with Gasteiger partial charge in [0, 0.05) is 32.9 Å². The Bertz CT molecular complexity index is 439. The zero-order valence-electron chi connectivity index (χ0n) is 12.2. The van der Waals surface area contributed by atoms with Gasteiger partial charge in [0.2, 0.25) is 0 Å². The molecule has 0 aromatic carbocycles. The molecule has 1 amide bonds. The summed E-state index contributed by atoms with van der Waals surface area (Å²) in [6.45, 7) is 0.717. The topological polar surface area (TPSA) is 56.7 Å². The van der Waals surface area contributed by atoms with E-state index in [0.29, 0.717) is 18.2 Å². The van der Waals surface area contributed by atoms with Crippen LogP contribution in [-0.2, 0) is 0 Å². The molecule has 0 aliphatic heterocycles. The average Bonchev–Trinajstić information content (AvgIpc) is 2.98. The Morgan fingerprint density at radius 2 is 2.05 bits per heavy atom. The van der Waals surface area contributed by atoms with Gasteiger partial charge in [-0.15, -0.1) is 0 Å². The van der Waals surface area contributed by atoms with Gasteiger partial charge in [0.25, 0.3) is 5.91 Å². The van der Waals surface area contributed by atoms with E-state index in [1.54, 1.807) is 25.2 Å². The van der Waals surface area contributed by atoms with Gasteiger partial charge < -0.3 is 14.9 Å². The van der Waals surface area contributed by atoms with Crippen molar-refractivity contribution < 1.29 is 9.90 Å². The number of aromatic nitrogens is 1. The van der Waals surface area contributed by atoms with Crippen molar-refractivity contribution in [2.45, 2.75) is 31.7 Å². The van der Waals surface area contributed by atoms with Crippen molar-refractivity contribution in [3.8, 4) is 0 Å². The lowest BCUT2D eigenvalue weighted by atomic mass is 10.2. The van der Waals surface area contributed by atoms with E-state index < -0.39 is 0 Å². The van der Waals surface area contributed by atoms with Crippen molar-refractivity contribution in [3.05, 3.63) is 23.9 Å². The fourth-order valence-electron chi connectivity index (χ4n) is 2.75. The van der Waals surface area contributed by atoms with Crippen LogP contribution in [0.15, 0.2) is 18.3 Å². The first kappa shape index (κ1) is 14.8. The highest BCUT2D eigenvalue weighted by molar-refractivity contribution is 5.93. The number of carbonyl (C=O) groups excluding carboxylic acids is 1. The molecule has 110 valence electrons. The lowest BCUT2D eigenvalue weighted by molar-refractivity contribution is 0.0827. The zero-order valence-corrected chi connectivity index (χ0v) is 12.2. The van der Waals surface area contributed by atoms with Crippen LogP contribution in [0.2, 0.25) is 0 Å². The van der Waals surface area contributed by atoms with Crippen LogP contribution in [0.4, 0.5) is 5.82 Å². The summed E-state index contributed by atoms with van der Waals surface area (Å²) < 4.78 is 0. The number of aliphatic hydroxyl groups is 1. The van der Waals surface area contributed by atoms with E-state index in [9.17, 15) is 9.90 Å². The summed E-state index contributed by atoms with van der Waals surface area (Å²) >= 11 is 0. The third-order valence-electron chi connectivity index (χ3n) is 3.80. The summed E-state index contributed by atoms with van der Waals surface area (Å²) in [5, 5.41) is 9.24. The molecule has 0 bridgehead atoms. The normalized spacial score (nSPS) is 15.3. The highest BCUT2D eigenvalue weighted by Crippen LogP contribution is 2.27. The molecule has 1 saturated carbocycles. The van der Waals surface area contributed by atoms with Crippen molar-refractivity contribution >= 4 is 11.7 Å². The van der Waals surface area contributed by atoms with Gasteiger partial charge in [-0.3, -0.25) is 4.79 Å². The fraction of sp³-hybridized carbons (Fsp3) is 0.600. The second-order valence-electron chi connectivity index (χ2n) is 5.46. The minimum atomic E-state index is -0.0429. The zero-order chi connectivity index (χ0) is 14.5. The number of amides is 1. The van der Waals surface area contributed by atoms with Crippen LogP contribution < -0.4 is 4.90 Å². The maximum atomic E-state index is 11.8. The van der Waals surface area contributed by atoms with E-state index in [1.807, 2.05) is 12.1 Å². The minimum absolute atomic E-state index is 0.0429. The first-order chi connectivity index (χ1) is 9.63. The van der Waals surface area contributed by atoms with Crippen LogP contribution in [0.3, 0.4) is 0 Å². The van der Waals surface area contributed by atoms with Crippen molar-refractivity contribution in [2.75, 3.05) is 32.1 Å². The number of hydrogen-bond donors (Lipinski definition) is 1. The second kappa shape index (κ2) is 6.70. The summed E-state index contributed by atoms with van der Waals surface area (Å²) in [4.78, 5) is 20.0. The molecule has 1 aliphatic carbocycles. The minimum Gasteiger partial charge on any atom is -0.395 e. The second-order valence-corrected chi connectivity index (χ2v) is 5.46. The van der Waals surface area contributed by atoms with E-state index in [1.165, 1.54) is 12.8 Å². The number of pyridine rings is 1. The molecule has 1 N–H and O–H groups in total. The summed E-state index contributed by atoms with van der Waals surface area (Å²) in [7, 11) is 3.46. The summed E-state index contributed by atoms with van der Waals surface area (Å²) in [6, 6.07) is 4.15. The van der Waals surface area contributed by atoms with Crippen LogP contribution in [0.5, 0.6) is 0 Å². The molecule has 1 heterocycles.